The molecule has 0 radical (unpaired) electrons. The Labute approximate surface area is 83.9 Å². The lowest BCUT2D eigenvalue weighted by Gasteiger charge is -1.93. The van der Waals surface area contributed by atoms with Crippen molar-refractivity contribution in [3.05, 3.63) is 0 Å². The Balaban J connectivity index is -0.000000405. The molecule has 4 nitrogen and oxygen atoms in total. The molecule has 0 aliphatic heterocycles. The van der Waals surface area contributed by atoms with Gasteiger partial charge in [0.15, 0.2) is 0 Å². The minimum Gasteiger partial charge on any atom is -0.370 e. The summed E-state index contributed by atoms with van der Waals surface area (Å²) in [6.07, 6.45) is 1.98. The second-order valence-corrected chi connectivity index (χ2v) is 2.14. The normalized spacial score (nSPS) is 7.67. The van der Waals surface area contributed by atoms with Gasteiger partial charge >= 0.3 is 0 Å². The van der Waals surface area contributed by atoms with Crippen LogP contribution in [0.25, 0.3) is 0 Å². The lowest BCUT2D eigenvalue weighted by molar-refractivity contribution is -0.119. The summed E-state index contributed by atoms with van der Waals surface area (Å²) in [4.78, 5) is 20.3. The minimum atomic E-state index is -0.329. The monoisotopic (exact) mass is 216 g/mol. The average molecular weight is 217 g/mol. The fourth-order valence-electron chi connectivity index (χ4n) is 0.598. The molecule has 0 spiro atoms. The minimum absolute atomic E-state index is 0. The van der Waals surface area contributed by atoms with E-state index in [4.69, 9.17) is 11.5 Å². The van der Waals surface area contributed by atoms with Gasteiger partial charge < -0.3 is 11.5 Å². The van der Waals surface area contributed by atoms with Gasteiger partial charge in [-0.25, -0.2) is 0 Å². The van der Waals surface area contributed by atoms with E-state index >= 15 is 0 Å². The highest BCUT2D eigenvalue weighted by molar-refractivity contribution is 5.85. The number of amides is 2. The Kier molecular flexibility index (Phi) is 15.4. The molecule has 4 N–H and O–H groups in total. The van der Waals surface area contributed by atoms with E-state index < -0.39 is 0 Å². The molecule has 74 valence electrons. The maximum Gasteiger partial charge on any atom is 0.217 e. The van der Waals surface area contributed by atoms with Crippen molar-refractivity contribution in [3.63, 3.8) is 0 Å². The third kappa shape index (κ3) is 16.3. The smallest absolute Gasteiger partial charge is 0.217 e. The molecule has 0 rings (SSSR count). The number of hydrogen-bond acceptors (Lipinski definition) is 2. The van der Waals surface area contributed by atoms with Crippen LogP contribution in [0.5, 0.6) is 0 Å². The maximum atomic E-state index is 10.2. The zero-order chi connectivity index (χ0) is 7.98. The van der Waals surface area contributed by atoms with Gasteiger partial charge in [0.1, 0.15) is 0 Å². The van der Waals surface area contributed by atoms with Gasteiger partial charge in [-0.2, -0.15) is 0 Å². The van der Waals surface area contributed by atoms with Crippen molar-refractivity contribution in [2.75, 3.05) is 0 Å². The highest BCUT2D eigenvalue weighted by Gasteiger charge is 1.96. The quantitative estimate of drug-likeness (QED) is 0.651. The van der Waals surface area contributed by atoms with Gasteiger partial charge in [-0.05, 0) is 12.8 Å². The third-order valence-corrected chi connectivity index (χ3v) is 1.10. The zero-order valence-electron chi connectivity index (χ0n) is 6.62. The van der Waals surface area contributed by atoms with Gasteiger partial charge in [-0.15, -0.1) is 24.8 Å². The number of carbonyl (C=O) groups excluding carboxylic acids is 2. The highest BCUT2D eigenvalue weighted by atomic mass is 35.5. The van der Waals surface area contributed by atoms with E-state index in [2.05, 4.69) is 0 Å². The molecule has 0 aliphatic carbocycles. The van der Waals surface area contributed by atoms with Crippen LogP contribution in [0, 0.1) is 0 Å². The number of halogens is 2. The molecule has 0 aromatic carbocycles. The fraction of sp³-hybridized carbons (Fsp3) is 0.667. The average Bonchev–Trinajstić information content (AvgIpc) is 1.79. The summed E-state index contributed by atoms with van der Waals surface area (Å²) in [6.45, 7) is 0. The predicted molar refractivity (Wildman–Crippen MR) is 51.4 cm³/mol. The largest absolute Gasteiger partial charge is 0.370 e. The summed E-state index contributed by atoms with van der Waals surface area (Å²) >= 11 is 0. The standard InChI is InChI=1S/C6H12N2O2.2ClH/c7-5(9)3-1-2-4-6(8)10;;/h1-4H2,(H2,7,9)(H2,8,10);2*1H. The Morgan fingerprint density at radius 1 is 0.833 bits per heavy atom. The lowest BCUT2D eigenvalue weighted by Crippen LogP contribution is -2.12. The maximum absolute atomic E-state index is 10.2. The van der Waals surface area contributed by atoms with E-state index in [1.54, 1.807) is 0 Å². The van der Waals surface area contributed by atoms with Crippen molar-refractivity contribution < 1.29 is 9.59 Å². The first-order valence-electron chi connectivity index (χ1n) is 3.19. The molecule has 12 heavy (non-hydrogen) atoms. The topological polar surface area (TPSA) is 86.2 Å². The number of unbranched alkanes of at least 4 members (excludes halogenated alkanes) is 1. The van der Waals surface area contributed by atoms with Crippen molar-refractivity contribution in [2.45, 2.75) is 25.7 Å². The molecule has 0 bridgehead atoms. The highest BCUT2D eigenvalue weighted by Crippen LogP contribution is 1.97. The van der Waals surface area contributed by atoms with E-state index in [1.165, 1.54) is 0 Å². The molecule has 0 unspecified atom stereocenters. The van der Waals surface area contributed by atoms with Crippen molar-refractivity contribution in [1.29, 1.82) is 0 Å². The molecule has 0 atom stereocenters. The number of carbonyl (C=O) groups is 2. The number of nitrogens with two attached hydrogens (primary N) is 2. The molecule has 0 aromatic rings. The van der Waals surface area contributed by atoms with E-state index in [-0.39, 0.29) is 36.6 Å². The van der Waals surface area contributed by atoms with Gasteiger partial charge in [-0.1, -0.05) is 0 Å². The summed E-state index contributed by atoms with van der Waals surface area (Å²) in [7, 11) is 0. The second-order valence-electron chi connectivity index (χ2n) is 2.14. The molecule has 0 fully saturated rings. The molecule has 0 aromatic heterocycles. The fourth-order valence-corrected chi connectivity index (χ4v) is 0.598. The van der Waals surface area contributed by atoms with E-state index in [0.717, 1.165) is 0 Å². The molecule has 0 saturated carbocycles. The first kappa shape index (κ1) is 17.6. The van der Waals surface area contributed by atoms with Crippen LogP contribution < -0.4 is 11.5 Å². The number of hydrogen-bond donors (Lipinski definition) is 2. The Hall–Kier alpha value is -0.480. The van der Waals surface area contributed by atoms with Crippen LogP contribution in [-0.4, -0.2) is 11.8 Å². The summed E-state index contributed by atoms with van der Waals surface area (Å²) in [5, 5.41) is 0. The summed E-state index contributed by atoms with van der Waals surface area (Å²) < 4.78 is 0. The lowest BCUT2D eigenvalue weighted by atomic mass is 10.2. The Bertz CT molecular complexity index is 126. The predicted octanol–water partition coefficient (Wildman–Crippen LogP) is 0.361. The molecule has 0 heterocycles. The van der Waals surface area contributed by atoms with Crippen LogP contribution in [0.3, 0.4) is 0 Å². The summed E-state index contributed by atoms with van der Waals surface area (Å²) in [5.74, 6) is -0.658. The number of rotatable bonds is 5. The SMILES string of the molecule is Cl.Cl.NC(=O)CCCCC(N)=O. The molecule has 2 amide bonds. The molecule has 6 heteroatoms. The van der Waals surface area contributed by atoms with Crippen LogP contribution in [-0.2, 0) is 9.59 Å². The Morgan fingerprint density at radius 2 is 1.08 bits per heavy atom. The van der Waals surface area contributed by atoms with Crippen LogP contribution in [0.1, 0.15) is 25.7 Å². The molecule has 0 saturated heterocycles. The molecular weight excluding hydrogens is 203 g/mol. The molecular formula is C6H14Cl2N2O2. The van der Waals surface area contributed by atoms with E-state index in [0.29, 0.717) is 25.7 Å². The number of primary amides is 2. The van der Waals surface area contributed by atoms with E-state index in [9.17, 15) is 9.59 Å². The summed E-state index contributed by atoms with van der Waals surface area (Å²) in [5.41, 5.74) is 9.71. The van der Waals surface area contributed by atoms with Crippen molar-refractivity contribution in [3.8, 4) is 0 Å². The van der Waals surface area contributed by atoms with Crippen molar-refractivity contribution in [1.82, 2.24) is 0 Å². The van der Waals surface area contributed by atoms with Crippen LogP contribution in [0.15, 0.2) is 0 Å². The van der Waals surface area contributed by atoms with Crippen LogP contribution in [0.2, 0.25) is 0 Å². The van der Waals surface area contributed by atoms with Crippen LogP contribution in [0.4, 0.5) is 0 Å². The van der Waals surface area contributed by atoms with E-state index in [1.807, 2.05) is 0 Å². The van der Waals surface area contributed by atoms with Crippen molar-refractivity contribution in [2.24, 2.45) is 11.5 Å². The second kappa shape index (κ2) is 10.5. The third-order valence-electron chi connectivity index (χ3n) is 1.10. The van der Waals surface area contributed by atoms with Gasteiger partial charge in [0.25, 0.3) is 0 Å². The zero-order valence-corrected chi connectivity index (χ0v) is 8.25. The first-order chi connectivity index (χ1) is 4.63. The van der Waals surface area contributed by atoms with Gasteiger partial charge in [0.2, 0.25) is 11.8 Å². The molecule has 0 aliphatic rings. The van der Waals surface area contributed by atoms with Gasteiger partial charge in [0.05, 0.1) is 0 Å². The van der Waals surface area contributed by atoms with Crippen LogP contribution >= 0.6 is 24.8 Å². The van der Waals surface area contributed by atoms with Crippen molar-refractivity contribution >= 4 is 36.6 Å². The van der Waals surface area contributed by atoms with Gasteiger partial charge in [0, 0.05) is 12.8 Å². The Morgan fingerprint density at radius 3 is 1.25 bits per heavy atom. The van der Waals surface area contributed by atoms with Gasteiger partial charge in [-0.3, -0.25) is 9.59 Å². The summed E-state index contributed by atoms with van der Waals surface area (Å²) in [6, 6.07) is 0. The first-order valence-corrected chi connectivity index (χ1v) is 3.19.